The standard InChI is InChI=1S/C11H22N4O2S/c1-11(2,3)15-8(16)7(12)6-14-9(17)10-13-4-5-18-10/h7,10,13H,4-6,12H2,1-3H3,(H,14,17)(H,15,16). The van der Waals surface area contributed by atoms with Crippen LogP contribution in [-0.2, 0) is 9.59 Å². The molecule has 0 aliphatic carbocycles. The van der Waals surface area contributed by atoms with Gasteiger partial charge in [0.1, 0.15) is 11.4 Å². The molecule has 2 atom stereocenters. The van der Waals surface area contributed by atoms with Crippen LogP contribution < -0.4 is 21.7 Å². The molecule has 1 aliphatic rings. The number of nitrogens with one attached hydrogen (secondary N) is 3. The molecule has 6 nitrogen and oxygen atoms in total. The molecule has 1 rings (SSSR count). The number of carbonyl (C=O) groups is 2. The quantitative estimate of drug-likeness (QED) is 0.528. The molecule has 5 N–H and O–H groups in total. The van der Waals surface area contributed by atoms with Gasteiger partial charge in [-0.25, -0.2) is 0 Å². The van der Waals surface area contributed by atoms with Crippen LogP contribution in [0.25, 0.3) is 0 Å². The number of hydrogen-bond donors (Lipinski definition) is 4. The summed E-state index contributed by atoms with van der Waals surface area (Å²) in [7, 11) is 0. The third kappa shape index (κ3) is 5.24. The van der Waals surface area contributed by atoms with Crippen LogP contribution >= 0.6 is 11.8 Å². The maximum absolute atomic E-state index is 11.7. The highest BCUT2D eigenvalue weighted by atomic mass is 32.2. The number of rotatable bonds is 4. The first-order chi connectivity index (χ1) is 8.29. The minimum Gasteiger partial charge on any atom is -0.352 e. The van der Waals surface area contributed by atoms with Crippen molar-refractivity contribution in [1.82, 2.24) is 16.0 Å². The number of hydrogen-bond acceptors (Lipinski definition) is 5. The van der Waals surface area contributed by atoms with Gasteiger partial charge in [-0.15, -0.1) is 11.8 Å². The summed E-state index contributed by atoms with van der Waals surface area (Å²) < 4.78 is 0. The molecule has 7 heteroatoms. The predicted octanol–water partition coefficient (Wildman–Crippen LogP) is -0.993. The fourth-order valence-electron chi connectivity index (χ4n) is 1.45. The summed E-state index contributed by atoms with van der Waals surface area (Å²) in [6.45, 7) is 6.64. The molecule has 0 radical (unpaired) electrons. The van der Waals surface area contributed by atoms with Crippen LogP contribution in [0.1, 0.15) is 20.8 Å². The van der Waals surface area contributed by atoms with E-state index in [1.54, 1.807) is 11.8 Å². The second-order valence-corrected chi connectivity index (χ2v) is 6.51. The molecule has 0 saturated carbocycles. The maximum atomic E-state index is 11.7. The fraction of sp³-hybridized carbons (Fsp3) is 0.818. The van der Waals surface area contributed by atoms with E-state index in [9.17, 15) is 9.59 Å². The molecule has 1 saturated heterocycles. The second kappa shape index (κ2) is 6.40. The summed E-state index contributed by atoms with van der Waals surface area (Å²) in [5.74, 6) is 0.556. The van der Waals surface area contributed by atoms with Gasteiger partial charge in [0.25, 0.3) is 0 Å². The fourth-order valence-corrected chi connectivity index (χ4v) is 2.39. The van der Waals surface area contributed by atoms with Crippen molar-refractivity contribution >= 4 is 23.6 Å². The number of amides is 2. The molecule has 0 bridgehead atoms. The van der Waals surface area contributed by atoms with Gasteiger partial charge in [0.05, 0.1) is 0 Å². The highest BCUT2D eigenvalue weighted by molar-refractivity contribution is 8.00. The van der Waals surface area contributed by atoms with E-state index in [4.69, 9.17) is 5.73 Å². The normalized spacial score (nSPS) is 21.4. The first kappa shape index (κ1) is 15.3. The van der Waals surface area contributed by atoms with Crippen LogP contribution in [0.2, 0.25) is 0 Å². The summed E-state index contributed by atoms with van der Waals surface area (Å²) in [4.78, 5) is 23.4. The lowest BCUT2D eigenvalue weighted by Gasteiger charge is -2.23. The third-order valence-corrected chi connectivity index (χ3v) is 3.44. The van der Waals surface area contributed by atoms with E-state index in [1.165, 1.54) is 0 Å². The molecule has 2 unspecified atom stereocenters. The summed E-state index contributed by atoms with van der Waals surface area (Å²) in [6.07, 6.45) is 0. The summed E-state index contributed by atoms with van der Waals surface area (Å²) in [5, 5.41) is 8.30. The van der Waals surface area contributed by atoms with E-state index >= 15 is 0 Å². The Kier molecular flexibility index (Phi) is 5.43. The van der Waals surface area contributed by atoms with Gasteiger partial charge in [-0.2, -0.15) is 0 Å². The van der Waals surface area contributed by atoms with Crippen molar-refractivity contribution in [1.29, 1.82) is 0 Å². The Bertz CT molecular complexity index is 311. The molecule has 0 aromatic carbocycles. The Labute approximate surface area is 112 Å². The average Bonchev–Trinajstić information content (AvgIpc) is 2.76. The van der Waals surface area contributed by atoms with Gasteiger partial charge in [-0.1, -0.05) is 0 Å². The predicted molar refractivity (Wildman–Crippen MR) is 73.1 cm³/mol. The number of carbonyl (C=O) groups excluding carboxylic acids is 2. The lowest BCUT2D eigenvalue weighted by atomic mass is 10.1. The molecule has 1 heterocycles. The first-order valence-corrected chi connectivity index (χ1v) is 7.05. The topological polar surface area (TPSA) is 96.2 Å². The second-order valence-electron chi connectivity index (χ2n) is 5.30. The molecule has 2 amide bonds. The van der Waals surface area contributed by atoms with Crippen molar-refractivity contribution < 1.29 is 9.59 Å². The first-order valence-electron chi connectivity index (χ1n) is 6.00. The van der Waals surface area contributed by atoms with E-state index in [0.717, 1.165) is 12.3 Å². The van der Waals surface area contributed by atoms with Gasteiger partial charge in [-0.05, 0) is 20.8 Å². The molecule has 0 spiro atoms. The van der Waals surface area contributed by atoms with Gasteiger partial charge in [0.2, 0.25) is 11.8 Å². The highest BCUT2D eigenvalue weighted by Crippen LogP contribution is 2.13. The van der Waals surface area contributed by atoms with Crippen molar-refractivity contribution in [3.05, 3.63) is 0 Å². The zero-order valence-corrected chi connectivity index (χ0v) is 11.9. The average molecular weight is 274 g/mol. The molecular formula is C11H22N4O2S. The number of thioether (sulfide) groups is 1. The van der Waals surface area contributed by atoms with Gasteiger partial charge >= 0.3 is 0 Å². The molecular weight excluding hydrogens is 252 g/mol. The summed E-state index contributed by atoms with van der Waals surface area (Å²) in [5.41, 5.74) is 5.40. The van der Waals surface area contributed by atoms with Crippen molar-refractivity contribution in [2.45, 2.75) is 37.7 Å². The van der Waals surface area contributed by atoms with E-state index in [2.05, 4.69) is 16.0 Å². The van der Waals surface area contributed by atoms with Crippen LogP contribution in [0.15, 0.2) is 0 Å². The smallest absolute Gasteiger partial charge is 0.247 e. The minimum atomic E-state index is -0.723. The third-order valence-electron chi connectivity index (χ3n) is 2.29. The lowest BCUT2D eigenvalue weighted by molar-refractivity contribution is -0.124. The van der Waals surface area contributed by atoms with Crippen LogP contribution in [0.5, 0.6) is 0 Å². The van der Waals surface area contributed by atoms with E-state index in [1.807, 2.05) is 20.8 Å². The molecule has 104 valence electrons. The Morgan fingerprint density at radius 2 is 2.17 bits per heavy atom. The van der Waals surface area contributed by atoms with Gasteiger partial charge in [-0.3, -0.25) is 14.9 Å². The zero-order chi connectivity index (χ0) is 13.8. The largest absolute Gasteiger partial charge is 0.352 e. The lowest BCUT2D eigenvalue weighted by Crippen LogP contribution is -2.54. The molecule has 1 fully saturated rings. The Morgan fingerprint density at radius 3 is 2.67 bits per heavy atom. The van der Waals surface area contributed by atoms with E-state index < -0.39 is 6.04 Å². The van der Waals surface area contributed by atoms with Crippen LogP contribution in [0.3, 0.4) is 0 Å². The van der Waals surface area contributed by atoms with Crippen molar-refractivity contribution in [3.8, 4) is 0 Å². The molecule has 0 aromatic heterocycles. The monoisotopic (exact) mass is 274 g/mol. The highest BCUT2D eigenvalue weighted by Gasteiger charge is 2.24. The van der Waals surface area contributed by atoms with Gasteiger partial charge in [0, 0.05) is 24.4 Å². The van der Waals surface area contributed by atoms with Crippen molar-refractivity contribution in [3.63, 3.8) is 0 Å². The molecule has 1 aliphatic heterocycles. The maximum Gasteiger partial charge on any atom is 0.247 e. The summed E-state index contributed by atoms with van der Waals surface area (Å²) in [6, 6.07) is -0.723. The zero-order valence-electron chi connectivity index (χ0n) is 11.1. The molecule has 0 aromatic rings. The molecule has 18 heavy (non-hydrogen) atoms. The SMILES string of the molecule is CC(C)(C)NC(=O)C(N)CNC(=O)C1NCCS1. The Hall–Kier alpha value is -0.790. The Morgan fingerprint density at radius 1 is 1.50 bits per heavy atom. The van der Waals surface area contributed by atoms with Gasteiger partial charge in [0.15, 0.2) is 0 Å². The van der Waals surface area contributed by atoms with Crippen molar-refractivity contribution in [2.24, 2.45) is 5.73 Å². The van der Waals surface area contributed by atoms with Crippen LogP contribution in [0, 0.1) is 0 Å². The van der Waals surface area contributed by atoms with Crippen LogP contribution in [0.4, 0.5) is 0 Å². The van der Waals surface area contributed by atoms with Crippen molar-refractivity contribution in [2.75, 3.05) is 18.8 Å². The van der Waals surface area contributed by atoms with Crippen LogP contribution in [-0.4, -0.2) is 47.6 Å². The van der Waals surface area contributed by atoms with E-state index in [0.29, 0.717) is 0 Å². The van der Waals surface area contributed by atoms with Gasteiger partial charge < -0.3 is 16.4 Å². The summed E-state index contributed by atoms with van der Waals surface area (Å²) >= 11 is 1.56. The Balaban J connectivity index is 2.29. The number of nitrogens with two attached hydrogens (primary N) is 1. The minimum absolute atomic E-state index is 0.114. The van der Waals surface area contributed by atoms with E-state index in [-0.39, 0.29) is 29.3 Å².